The van der Waals surface area contributed by atoms with Crippen LogP contribution in [-0.4, -0.2) is 27.9 Å². The van der Waals surface area contributed by atoms with Crippen LogP contribution in [0.3, 0.4) is 0 Å². The van der Waals surface area contributed by atoms with Gasteiger partial charge in [0.2, 0.25) is 0 Å². The van der Waals surface area contributed by atoms with Gasteiger partial charge in [0, 0.05) is 18.1 Å². The fraction of sp³-hybridized carbons (Fsp3) is 0.231. The molecule has 1 aliphatic heterocycles. The molecule has 2 aromatic rings. The minimum Gasteiger partial charge on any atom is -0.507 e. The first kappa shape index (κ1) is 11.6. The van der Waals surface area contributed by atoms with Crippen LogP contribution in [0.15, 0.2) is 16.7 Å². The molecule has 1 aliphatic rings. The van der Waals surface area contributed by atoms with Gasteiger partial charge in [0.15, 0.2) is 11.5 Å². The maximum Gasteiger partial charge on any atom is 0.358 e. The second kappa shape index (κ2) is 4.01. The molecule has 1 aromatic heterocycles. The molecule has 0 aliphatic carbocycles. The number of carboxylic acids is 1. The van der Waals surface area contributed by atoms with E-state index in [4.69, 9.17) is 14.4 Å². The van der Waals surface area contributed by atoms with Gasteiger partial charge in [-0.3, -0.25) is 0 Å². The molecular formula is C13H11NO5. The summed E-state index contributed by atoms with van der Waals surface area (Å²) in [6.07, 6.45) is 0.640. The fourth-order valence-electron chi connectivity index (χ4n) is 2.21. The Morgan fingerprint density at radius 1 is 1.42 bits per heavy atom. The van der Waals surface area contributed by atoms with E-state index >= 15 is 0 Å². The van der Waals surface area contributed by atoms with Gasteiger partial charge >= 0.3 is 5.97 Å². The van der Waals surface area contributed by atoms with Crippen LogP contribution in [0.2, 0.25) is 0 Å². The van der Waals surface area contributed by atoms with Gasteiger partial charge in [-0.05, 0) is 18.6 Å². The smallest absolute Gasteiger partial charge is 0.358 e. The summed E-state index contributed by atoms with van der Waals surface area (Å²) in [5.41, 5.74) is 1.73. The topological polar surface area (TPSA) is 92.8 Å². The number of aryl methyl sites for hydroxylation is 1. The lowest BCUT2D eigenvalue weighted by molar-refractivity contribution is 0.0686. The average molecular weight is 261 g/mol. The number of nitrogens with zero attached hydrogens (tertiary/aromatic N) is 1. The monoisotopic (exact) mass is 261 g/mol. The summed E-state index contributed by atoms with van der Waals surface area (Å²) in [5, 5.41) is 22.5. The third kappa shape index (κ3) is 1.72. The molecule has 0 amide bonds. The van der Waals surface area contributed by atoms with Crippen LogP contribution in [0.4, 0.5) is 0 Å². The summed E-state index contributed by atoms with van der Waals surface area (Å²) in [4.78, 5) is 10.8. The van der Waals surface area contributed by atoms with Gasteiger partial charge in [0.25, 0.3) is 0 Å². The zero-order valence-electron chi connectivity index (χ0n) is 10.1. The Balaban J connectivity index is 2.21. The number of aromatic hydroxyl groups is 1. The van der Waals surface area contributed by atoms with E-state index in [1.165, 1.54) is 6.07 Å². The zero-order chi connectivity index (χ0) is 13.6. The van der Waals surface area contributed by atoms with Crippen molar-refractivity contribution in [3.8, 4) is 22.8 Å². The lowest BCUT2D eigenvalue weighted by atomic mass is 9.98. The summed E-state index contributed by atoms with van der Waals surface area (Å²) in [7, 11) is 0. The minimum absolute atomic E-state index is 0.0670. The Kier molecular flexibility index (Phi) is 2.45. The number of ether oxygens (including phenoxy) is 1. The van der Waals surface area contributed by atoms with Crippen LogP contribution >= 0.6 is 0 Å². The molecule has 0 unspecified atom stereocenters. The molecule has 19 heavy (non-hydrogen) atoms. The molecule has 0 radical (unpaired) electrons. The van der Waals surface area contributed by atoms with E-state index in [0.717, 1.165) is 5.56 Å². The van der Waals surface area contributed by atoms with Gasteiger partial charge in [-0.1, -0.05) is 5.16 Å². The number of phenolic OH excluding ortho intramolecular Hbond substituents is 1. The molecule has 0 saturated carbocycles. The molecule has 1 aromatic carbocycles. The maximum absolute atomic E-state index is 10.8. The van der Waals surface area contributed by atoms with Crippen LogP contribution in [0, 0.1) is 6.92 Å². The van der Waals surface area contributed by atoms with Crippen LogP contribution in [0.5, 0.6) is 11.5 Å². The van der Waals surface area contributed by atoms with Crippen molar-refractivity contribution in [2.75, 3.05) is 6.61 Å². The lowest BCUT2D eigenvalue weighted by Crippen LogP contribution is -1.94. The Morgan fingerprint density at radius 3 is 2.89 bits per heavy atom. The predicted octanol–water partition coefficient (Wildman–Crippen LogP) is 1.99. The molecule has 0 saturated heterocycles. The largest absolute Gasteiger partial charge is 0.507 e. The summed E-state index contributed by atoms with van der Waals surface area (Å²) in [5.74, 6) is -0.175. The maximum atomic E-state index is 10.8. The first-order valence-corrected chi connectivity index (χ1v) is 5.76. The van der Waals surface area contributed by atoms with E-state index < -0.39 is 5.97 Å². The number of hydrogen-bond donors (Lipinski definition) is 2. The van der Waals surface area contributed by atoms with E-state index in [0.29, 0.717) is 29.9 Å². The molecule has 3 rings (SSSR count). The normalized spacial score (nSPS) is 13.1. The van der Waals surface area contributed by atoms with Gasteiger partial charge in [0.05, 0.1) is 12.2 Å². The molecule has 2 heterocycles. The van der Waals surface area contributed by atoms with E-state index in [1.54, 1.807) is 13.0 Å². The van der Waals surface area contributed by atoms with Gasteiger partial charge in [-0.25, -0.2) is 4.79 Å². The molecule has 0 bridgehead atoms. The number of benzene rings is 1. The van der Waals surface area contributed by atoms with Crippen molar-refractivity contribution >= 4 is 5.97 Å². The number of hydrogen-bond acceptors (Lipinski definition) is 5. The van der Waals surface area contributed by atoms with Crippen LogP contribution in [0.25, 0.3) is 11.3 Å². The highest BCUT2D eigenvalue weighted by Gasteiger charge is 2.25. The molecule has 0 atom stereocenters. The second-order valence-corrected chi connectivity index (χ2v) is 4.37. The summed E-state index contributed by atoms with van der Waals surface area (Å²) < 4.78 is 10.5. The molecule has 6 nitrogen and oxygen atoms in total. The van der Waals surface area contributed by atoms with E-state index in [-0.39, 0.29) is 17.2 Å². The summed E-state index contributed by atoms with van der Waals surface area (Å²) >= 11 is 0. The Bertz CT molecular complexity index is 674. The number of carboxylic acid groups (broad SMARTS) is 1. The molecule has 2 N–H and O–H groups in total. The highest BCUT2D eigenvalue weighted by molar-refractivity contribution is 5.87. The van der Waals surface area contributed by atoms with Gasteiger partial charge < -0.3 is 19.5 Å². The van der Waals surface area contributed by atoms with Gasteiger partial charge in [-0.2, -0.15) is 0 Å². The first-order valence-electron chi connectivity index (χ1n) is 5.76. The van der Waals surface area contributed by atoms with Crippen LogP contribution in [-0.2, 0) is 6.42 Å². The van der Waals surface area contributed by atoms with Gasteiger partial charge in [0.1, 0.15) is 11.5 Å². The Morgan fingerprint density at radius 2 is 2.21 bits per heavy atom. The number of aromatic carboxylic acids is 1. The average Bonchev–Trinajstić information content (AvgIpc) is 2.99. The SMILES string of the molecule is Cc1cc2c(c(-c3cc(C(=O)O)no3)c1O)CCO2. The van der Waals surface area contributed by atoms with Crippen molar-refractivity contribution in [2.24, 2.45) is 0 Å². The van der Waals surface area contributed by atoms with Crippen LogP contribution < -0.4 is 4.74 Å². The number of phenols is 1. The number of fused-ring (bicyclic) bond motifs is 1. The standard InChI is InChI=1S/C13H11NO5/c1-6-4-9-7(2-3-18-9)11(12(6)15)10-5-8(13(16)17)14-19-10/h4-5,15H,2-3H2,1H3,(H,16,17). The van der Waals surface area contributed by atoms with Crippen molar-refractivity contribution < 1.29 is 24.3 Å². The first-order chi connectivity index (χ1) is 9.08. The molecule has 0 spiro atoms. The molecular weight excluding hydrogens is 250 g/mol. The van der Waals surface area contributed by atoms with Crippen molar-refractivity contribution in [3.05, 3.63) is 29.0 Å². The van der Waals surface area contributed by atoms with Crippen molar-refractivity contribution in [2.45, 2.75) is 13.3 Å². The van der Waals surface area contributed by atoms with E-state index in [2.05, 4.69) is 5.16 Å². The van der Waals surface area contributed by atoms with Crippen molar-refractivity contribution in [1.82, 2.24) is 5.16 Å². The number of rotatable bonds is 2. The zero-order valence-corrected chi connectivity index (χ0v) is 10.1. The quantitative estimate of drug-likeness (QED) is 0.858. The lowest BCUT2D eigenvalue weighted by Gasteiger charge is -2.09. The Hall–Kier alpha value is -2.50. The van der Waals surface area contributed by atoms with Crippen LogP contribution in [0.1, 0.15) is 21.6 Å². The summed E-state index contributed by atoms with van der Waals surface area (Å²) in [6, 6.07) is 3.06. The van der Waals surface area contributed by atoms with E-state index in [1.807, 2.05) is 0 Å². The predicted molar refractivity (Wildman–Crippen MR) is 64.5 cm³/mol. The fourth-order valence-corrected chi connectivity index (χ4v) is 2.21. The van der Waals surface area contributed by atoms with Gasteiger partial charge in [-0.15, -0.1) is 0 Å². The Labute approximate surface area is 108 Å². The summed E-state index contributed by atoms with van der Waals surface area (Å²) in [6.45, 7) is 2.28. The van der Waals surface area contributed by atoms with Crippen molar-refractivity contribution in [3.63, 3.8) is 0 Å². The van der Waals surface area contributed by atoms with Crippen molar-refractivity contribution in [1.29, 1.82) is 0 Å². The highest BCUT2D eigenvalue weighted by Crippen LogP contribution is 2.43. The molecule has 98 valence electrons. The minimum atomic E-state index is -1.17. The highest BCUT2D eigenvalue weighted by atomic mass is 16.5. The molecule has 6 heteroatoms. The number of aromatic nitrogens is 1. The third-order valence-corrected chi connectivity index (χ3v) is 3.14. The number of carbonyl (C=O) groups is 1. The van der Waals surface area contributed by atoms with E-state index in [9.17, 15) is 9.90 Å². The third-order valence-electron chi connectivity index (χ3n) is 3.14. The molecule has 0 fully saturated rings. The second-order valence-electron chi connectivity index (χ2n) is 4.37.